The lowest BCUT2D eigenvalue weighted by Crippen LogP contribution is -2.07. The largest absolute Gasteiger partial charge is 0.394 e. The molecule has 6 heteroatoms. The minimum Gasteiger partial charge on any atom is -0.394 e. The van der Waals surface area contributed by atoms with Crippen molar-refractivity contribution in [2.24, 2.45) is 0 Å². The van der Waals surface area contributed by atoms with Crippen LogP contribution >= 0.6 is 0 Å². The molecule has 0 saturated heterocycles. The van der Waals surface area contributed by atoms with E-state index in [-0.39, 0.29) is 0 Å². The molecule has 1 heterocycles. The Bertz CT molecular complexity index is 259. The molecule has 0 bridgehead atoms. The highest BCUT2D eigenvalue weighted by atomic mass is 32.2. The van der Waals surface area contributed by atoms with E-state index >= 15 is 0 Å². The second-order valence-corrected chi connectivity index (χ2v) is 3.41. The van der Waals surface area contributed by atoms with Crippen LogP contribution in [0.2, 0.25) is 0 Å². The van der Waals surface area contributed by atoms with Crippen LogP contribution in [0.15, 0.2) is 6.20 Å². The standard InChI is InChI=1S/C5H10N4OS/c1-2-11(10)9-5-4(6)3-7-8-5/h3H,2,6H2,1H3,(H2,7,8,9). The molecule has 0 radical (unpaired) electrons. The van der Waals surface area contributed by atoms with E-state index in [4.69, 9.17) is 5.73 Å². The Morgan fingerprint density at radius 1 is 1.91 bits per heavy atom. The van der Waals surface area contributed by atoms with E-state index in [9.17, 15) is 4.21 Å². The molecule has 11 heavy (non-hydrogen) atoms. The average molecular weight is 174 g/mol. The molecule has 5 nitrogen and oxygen atoms in total. The number of anilines is 2. The summed E-state index contributed by atoms with van der Waals surface area (Å²) in [6.45, 7) is 1.82. The van der Waals surface area contributed by atoms with Crippen molar-refractivity contribution >= 4 is 22.5 Å². The first-order valence-corrected chi connectivity index (χ1v) is 4.49. The number of nitrogens with one attached hydrogen (secondary N) is 2. The van der Waals surface area contributed by atoms with Crippen LogP contribution in [0.1, 0.15) is 6.92 Å². The minimum absolute atomic E-state index is 0.479. The molecule has 0 amide bonds. The monoisotopic (exact) mass is 174 g/mol. The Morgan fingerprint density at radius 3 is 3.09 bits per heavy atom. The van der Waals surface area contributed by atoms with Gasteiger partial charge in [0.05, 0.1) is 11.9 Å². The van der Waals surface area contributed by atoms with E-state index < -0.39 is 11.0 Å². The van der Waals surface area contributed by atoms with Gasteiger partial charge in [-0.3, -0.25) is 9.82 Å². The zero-order valence-electron chi connectivity index (χ0n) is 6.13. The Balaban J connectivity index is 2.64. The van der Waals surface area contributed by atoms with Gasteiger partial charge in [0.15, 0.2) is 5.82 Å². The van der Waals surface area contributed by atoms with E-state index in [2.05, 4.69) is 14.9 Å². The van der Waals surface area contributed by atoms with Gasteiger partial charge >= 0.3 is 0 Å². The van der Waals surface area contributed by atoms with Gasteiger partial charge in [-0.15, -0.1) is 0 Å². The number of aromatic amines is 1. The Morgan fingerprint density at radius 2 is 2.64 bits per heavy atom. The molecule has 1 atom stereocenters. The van der Waals surface area contributed by atoms with Crippen molar-refractivity contribution in [1.29, 1.82) is 0 Å². The SMILES string of the molecule is CCS(=O)Nc1[nH]ncc1N. The highest BCUT2D eigenvalue weighted by Gasteiger charge is 2.01. The second kappa shape index (κ2) is 3.38. The van der Waals surface area contributed by atoms with Crippen molar-refractivity contribution in [3.8, 4) is 0 Å². The van der Waals surface area contributed by atoms with Crippen molar-refractivity contribution < 1.29 is 4.21 Å². The molecule has 1 rings (SSSR count). The summed E-state index contributed by atoms with van der Waals surface area (Å²) in [6, 6.07) is 0. The second-order valence-electron chi connectivity index (χ2n) is 1.94. The van der Waals surface area contributed by atoms with Gasteiger partial charge in [-0.25, -0.2) is 4.21 Å². The van der Waals surface area contributed by atoms with Crippen LogP contribution in [-0.4, -0.2) is 20.2 Å². The van der Waals surface area contributed by atoms with E-state index in [1.165, 1.54) is 6.20 Å². The Kier molecular flexibility index (Phi) is 2.48. The van der Waals surface area contributed by atoms with Crippen LogP contribution in [0.25, 0.3) is 0 Å². The molecule has 4 N–H and O–H groups in total. The predicted octanol–water partition coefficient (Wildman–Crippen LogP) is 0.0874. The summed E-state index contributed by atoms with van der Waals surface area (Å²) >= 11 is 0. The van der Waals surface area contributed by atoms with Crippen LogP contribution < -0.4 is 10.5 Å². The molecule has 1 unspecified atom stereocenters. The van der Waals surface area contributed by atoms with Gasteiger partial charge in [0.1, 0.15) is 11.0 Å². The molecular weight excluding hydrogens is 164 g/mol. The molecule has 1 aromatic heterocycles. The van der Waals surface area contributed by atoms with Gasteiger partial charge in [-0.2, -0.15) is 5.10 Å². The van der Waals surface area contributed by atoms with Crippen LogP contribution in [0.3, 0.4) is 0 Å². The summed E-state index contributed by atoms with van der Waals surface area (Å²) in [4.78, 5) is 0. The molecule has 0 aliphatic heterocycles. The third kappa shape index (κ3) is 1.94. The first-order chi connectivity index (χ1) is 5.24. The molecule has 62 valence electrons. The first kappa shape index (κ1) is 8.06. The van der Waals surface area contributed by atoms with Crippen molar-refractivity contribution in [2.75, 3.05) is 16.2 Å². The maximum atomic E-state index is 10.9. The van der Waals surface area contributed by atoms with Gasteiger partial charge in [-0.1, -0.05) is 6.92 Å². The summed E-state index contributed by atoms with van der Waals surface area (Å²) in [6.07, 6.45) is 1.47. The third-order valence-electron chi connectivity index (χ3n) is 1.15. The topological polar surface area (TPSA) is 83.8 Å². The first-order valence-electron chi connectivity index (χ1n) is 3.18. The maximum Gasteiger partial charge on any atom is 0.156 e. The van der Waals surface area contributed by atoms with Gasteiger partial charge < -0.3 is 5.73 Å². The van der Waals surface area contributed by atoms with E-state index in [1.54, 1.807) is 0 Å². The van der Waals surface area contributed by atoms with Gasteiger partial charge in [-0.05, 0) is 0 Å². The van der Waals surface area contributed by atoms with Crippen molar-refractivity contribution in [1.82, 2.24) is 10.2 Å². The van der Waals surface area contributed by atoms with Crippen LogP contribution in [0, 0.1) is 0 Å². The van der Waals surface area contributed by atoms with Crippen molar-refractivity contribution in [2.45, 2.75) is 6.92 Å². The molecule has 0 aliphatic carbocycles. The van der Waals surface area contributed by atoms with E-state index in [1.807, 2.05) is 6.92 Å². The van der Waals surface area contributed by atoms with Gasteiger partial charge in [0.25, 0.3) is 0 Å². The number of rotatable bonds is 3. The predicted molar refractivity (Wildman–Crippen MR) is 45.3 cm³/mol. The Labute approximate surface area is 67.0 Å². The molecular formula is C5H10N4OS. The number of aromatic nitrogens is 2. The zero-order valence-corrected chi connectivity index (χ0v) is 6.94. The number of nitrogens with two attached hydrogens (primary N) is 1. The van der Waals surface area contributed by atoms with Crippen LogP contribution in [-0.2, 0) is 11.0 Å². The van der Waals surface area contributed by atoms with Crippen molar-refractivity contribution in [3.05, 3.63) is 6.20 Å². The van der Waals surface area contributed by atoms with Gasteiger partial charge in [0.2, 0.25) is 0 Å². The summed E-state index contributed by atoms with van der Waals surface area (Å²) in [5, 5.41) is 6.25. The Hall–Kier alpha value is -1.04. The number of H-pyrrole nitrogens is 1. The fourth-order valence-electron chi connectivity index (χ4n) is 0.563. The lowest BCUT2D eigenvalue weighted by atomic mass is 10.6. The summed E-state index contributed by atoms with van der Waals surface area (Å²) in [7, 11) is -1.07. The molecule has 0 aliphatic rings. The highest BCUT2D eigenvalue weighted by Crippen LogP contribution is 2.12. The normalized spacial score (nSPS) is 12.8. The van der Waals surface area contributed by atoms with Crippen LogP contribution in [0.5, 0.6) is 0 Å². The maximum absolute atomic E-state index is 10.9. The lowest BCUT2D eigenvalue weighted by molar-refractivity contribution is 0.687. The number of hydrogen-bond acceptors (Lipinski definition) is 3. The van der Waals surface area contributed by atoms with Gasteiger partial charge in [0, 0.05) is 5.75 Å². The zero-order chi connectivity index (χ0) is 8.27. The van der Waals surface area contributed by atoms with Crippen molar-refractivity contribution in [3.63, 3.8) is 0 Å². The summed E-state index contributed by atoms with van der Waals surface area (Å²) in [5.74, 6) is 1.06. The fourth-order valence-corrected chi connectivity index (χ4v) is 1.10. The summed E-state index contributed by atoms with van der Waals surface area (Å²) < 4.78 is 13.6. The number of nitrogen functional groups attached to an aromatic ring is 1. The smallest absolute Gasteiger partial charge is 0.156 e. The van der Waals surface area contributed by atoms with E-state index in [0.29, 0.717) is 17.3 Å². The van der Waals surface area contributed by atoms with Crippen LogP contribution in [0.4, 0.5) is 11.5 Å². The number of nitrogens with zero attached hydrogens (tertiary/aromatic N) is 1. The van der Waals surface area contributed by atoms with E-state index in [0.717, 1.165) is 0 Å². The lowest BCUT2D eigenvalue weighted by Gasteiger charge is -2.00. The average Bonchev–Trinajstić information content (AvgIpc) is 2.37. The fraction of sp³-hybridized carbons (Fsp3) is 0.400. The minimum atomic E-state index is -1.07. The number of hydrogen-bond donors (Lipinski definition) is 3. The third-order valence-corrected chi connectivity index (χ3v) is 2.10. The molecule has 0 fully saturated rings. The highest BCUT2D eigenvalue weighted by molar-refractivity contribution is 7.86. The summed E-state index contributed by atoms with van der Waals surface area (Å²) in [5.41, 5.74) is 5.93. The molecule has 0 saturated carbocycles. The molecule has 1 aromatic rings. The molecule has 0 aromatic carbocycles. The quantitative estimate of drug-likeness (QED) is 0.607. The molecule has 0 spiro atoms.